The molecule has 2 aliphatic rings. The lowest BCUT2D eigenvalue weighted by atomic mass is 9.67. The summed E-state index contributed by atoms with van der Waals surface area (Å²) in [4.78, 5) is 0. The zero-order valence-corrected chi connectivity index (χ0v) is 18.0. The number of rotatable bonds is 6. The number of phenols is 1. The lowest BCUT2D eigenvalue weighted by molar-refractivity contribution is 0.159. The molecule has 3 N–H and O–H groups in total. The molecule has 4 atom stereocenters. The van der Waals surface area contributed by atoms with Crippen LogP contribution in [0, 0.1) is 5.92 Å². The van der Waals surface area contributed by atoms with Crippen LogP contribution in [-0.4, -0.2) is 22.9 Å². The van der Waals surface area contributed by atoms with Crippen LogP contribution in [0.15, 0.2) is 42.5 Å². The first kappa shape index (κ1) is 20.3. The fourth-order valence-electron chi connectivity index (χ4n) is 5.60. The van der Waals surface area contributed by atoms with Crippen molar-refractivity contribution in [2.45, 2.75) is 76.2 Å². The SMILES string of the molecule is CCCCC(C)(C)c1cc(O)c2c(c1)NC1C(CO)CCC(c3ccccc3)C21. The van der Waals surface area contributed by atoms with E-state index in [2.05, 4.69) is 62.5 Å². The molecule has 3 heteroatoms. The standard InChI is InChI=1S/C26H35NO2/c1-4-5-13-26(2,3)19-14-21-24(22(29)15-19)23-20(17-9-7-6-8-10-17)12-11-18(16-28)25(23)27-21/h6-10,14-15,18,20,23,25,27-29H,4-5,11-13,16H2,1-3H3. The van der Waals surface area contributed by atoms with Crippen LogP contribution in [0.4, 0.5) is 5.69 Å². The van der Waals surface area contributed by atoms with Crippen molar-refractivity contribution in [3.63, 3.8) is 0 Å². The summed E-state index contributed by atoms with van der Waals surface area (Å²) in [6.45, 7) is 6.96. The summed E-state index contributed by atoms with van der Waals surface area (Å²) in [5.74, 6) is 1.21. The van der Waals surface area contributed by atoms with E-state index in [4.69, 9.17) is 0 Å². The van der Waals surface area contributed by atoms with Gasteiger partial charge in [-0.05, 0) is 53.9 Å². The maximum atomic E-state index is 11.2. The van der Waals surface area contributed by atoms with Crippen LogP contribution in [0.25, 0.3) is 0 Å². The molecule has 3 nitrogen and oxygen atoms in total. The van der Waals surface area contributed by atoms with E-state index in [0.29, 0.717) is 11.7 Å². The molecule has 1 saturated carbocycles. The number of aliphatic hydroxyl groups excluding tert-OH is 1. The first-order chi connectivity index (χ1) is 14.0. The summed E-state index contributed by atoms with van der Waals surface area (Å²) in [6, 6.07) is 15.1. The Kier molecular flexibility index (Phi) is 5.61. The van der Waals surface area contributed by atoms with Gasteiger partial charge in [0, 0.05) is 35.7 Å². The zero-order valence-electron chi connectivity index (χ0n) is 18.0. The van der Waals surface area contributed by atoms with Crippen LogP contribution in [-0.2, 0) is 5.41 Å². The maximum absolute atomic E-state index is 11.2. The number of benzene rings is 2. The summed E-state index contributed by atoms with van der Waals surface area (Å²) in [5.41, 5.74) is 4.69. The van der Waals surface area contributed by atoms with E-state index in [1.807, 2.05) is 6.07 Å². The Balaban J connectivity index is 1.75. The molecule has 0 radical (unpaired) electrons. The molecule has 29 heavy (non-hydrogen) atoms. The van der Waals surface area contributed by atoms with Gasteiger partial charge in [-0.25, -0.2) is 0 Å². The molecule has 0 spiro atoms. The predicted molar refractivity (Wildman–Crippen MR) is 120 cm³/mol. The second-order valence-corrected chi connectivity index (χ2v) is 9.68. The highest BCUT2D eigenvalue weighted by Gasteiger charge is 2.47. The Morgan fingerprint density at radius 3 is 2.55 bits per heavy atom. The number of aromatic hydroxyl groups is 1. The van der Waals surface area contributed by atoms with Crippen LogP contribution in [0.3, 0.4) is 0 Å². The topological polar surface area (TPSA) is 52.5 Å². The van der Waals surface area contributed by atoms with Crippen LogP contribution >= 0.6 is 0 Å². The maximum Gasteiger partial charge on any atom is 0.121 e. The molecule has 1 aliphatic heterocycles. The highest BCUT2D eigenvalue weighted by molar-refractivity contribution is 5.68. The van der Waals surface area contributed by atoms with Gasteiger partial charge >= 0.3 is 0 Å². The molecule has 4 unspecified atom stereocenters. The number of fused-ring (bicyclic) bond motifs is 3. The normalized spacial score (nSPS) is 25.9. The van der Waals surface area contributed by atoms with Crippen molar-refractivity contribution in [1.29, 1.82) is 0 Å². The lowest BCUT2D eigenvalue weighted by Crippen LogP contribution is -2.39. The van der Waals surface area contributed by atoms with Gasteiger partial charge in [0.05, 0.1) is 0 Å². The average molecular weight is 394 g/mol. The summed E-state index contributed by atoms with van der Waals surface area (Å²) in [6.07, 6.45) is 5.53. The Bertz CT molecular complexity index is 845. The van der Waals surface area contributed by atoms with Gasteiger partial charge in [0.15, 0.2) is 0 Å². The van der Waals surface area contributed by atoms with Crippen molar-refractivity contribution in [1.82, 2.24) is 0 Å². The van der Waals surface area contributed by atoms with Crippen LogP contribution in [0.2, 0.25) is 0 Å². The molecule has 0 aromatic heterocycles. The largest absolute Gasteiger partial charge is 0.508 e. The fraction of sp³-hybridized carbons (Fsp3) is 0.538. The van der Waals surface area contributed by atoms with E-state index >= 15 is 0 Å². The van der Waals surface area contributed by atoms with Crippen molar-refractivity contribution in [3.05, 3.63) is 59.2 Å². The van der Waals surface area contributed by atoms with E-state index in [0.717, 1.165) is 30.5 Å². The van der Waals surface area contributed by atoms with Gasteiger partial charge in [0.2, 0.25) is 0 Å². The van der Waals surface area contributed by atoms with Crippen molar-refractivity contribution in [2.24, 2.45) is 5.92 Å². The highest BCUT2D eigenvalue weighted by Crippen LogP contribution is 2.56. The number of hydrogen-bond donors (Lipinski definition) is 3. The molecular formula is C26H35NO2. The number of anilines is 1. The van der Waals surface area contributed by atoms with Gasteiger partial charge in [-0.1, -0.05) is 63.9 Å². The van der Waals surface area contributed by atoms with Crippen LogP contribution < -0.4 is 5.32 Å². The molecule has 1 heterocycles. The van der Waals surface area contributed by atoms with Gasteiger partial charge in [-0.3, -0.25) is 0 Å². The van der Waals surface area contributed by atoms with Crippen LogP contribution in [0.1, 0.15) is 81.4 Å². The fourth-order valence-corrected chi connectivity index (χ4v) is 5.60. The highest BCUT2D eigenvalue weighted by atomic mass is 16.3. The molecule has 2 aromatic carbocycles. The van der Waals surface area contributed by atoms with Crippen LogP contribution in [0.5, 0.6) is 5.75 Å². The van der Waals surface area contributed by atoms with Gasteiger partial charge in [-0.2, -0.15) is 0 Å². The smallest absolute Gasteiger partial charge is 0.121 e. The van der Waals surface area contributed by atoms with E-state index in [1.54, 1.807) is 0 Å². The molecule has 0 amide bonds. The minimum absolute atomic E-state index is 0.0349. The Hall–Kier alpha value is -2.00. The van der Waals surface area contributed by atoms with Gasteiger partial charge in [0.25, 0.3) is 0 Å². The monoisotopic (exact) mass is 393 g/mol. The lowest BCUT2D eigenvalue weighted by Gasteiger charge is -2.39. The number of unbranched alkanes of at least 4 members (excludes halogenated alkanes) is 1. The van der Waals surface area contributed by atoms with Crippen molar-refractivity contribution in [3.8, 4) is 5.75 Å². The third-order valence-electron chi connectivity index (χ3n) is 7.39. The summed E-state index contributed by atoms with van der Waals surface area (Å²) in [5, 5.41) is 24.9. The Labute approximate surface area is 175 Å². The first-order valence-corrected chi connectivity index (χ1v) is 11.3. The zero-order chi connectivity index (χ0) is 20.6. The summed E-state index contributed by atoms with van der Waals surface area (Å²) >= 11 is 0. The summed E-state index contributed by atoms with van der Waals surface area (Å²) < 4.78 is 0. The third kappa shape index (κ3) is 3.66. The average Bonchev–Trinajstić information content (AvgIpc) is 3.12. The molecule has 1 aliphatic carbocycles. The van der Waals surface area contributed by atoms with Gasteiger partial charge in [-0.15, -0.1) is 0 Å². The van der Waals surface area contributed by atoms with Crippen molar-refractivity contribution in [2.75, 3.05) is 11.9 Å². The minimum Gasteiger partial charge on any atom is -0.508 e. The Morgan fingerprint density at radius 1 is 1.10 bits per heavy atom. The third-order valence-corrected chi connectivity index (χ3v) is 7.39. The predicted octanol–water partition coefficient (Wildman–Crippen LogP) is 5.92. The number of phenolic OH excluding ortho intramolecular Hbond substituents is 1. The van der Waals surface area contributed by atoms with E-state index in [9.17, 15) is 10.2 Å². The van der Waals surface area contributed by atoms with Crippen molar-refractivity contribution >= 4 is 5.69 Å². The van der Waals surface area contributed by atoms with Crippen molar-refractivity contribution < 1.29 is 10.2 Å². The quantitative estimate of drug-likeness (QED) is 0.571. The van der Waals surface area contributed by atoms with Gasteiger partial charge < -0.3 is 15.5 Å². The molecule has 0 bridgehead atoms. The molecule has 156 valence electrons. The van der Waals surface area contributed by atoms with E-state index in [1.165, 1.54) is 24.0 Å². The van der Waals surface area contributed by atoms with E-state index in [-0.39, 0.29) is 29.9 Å². The van der Waals surface area contributed by atoms with E-state index < -0.39 is 0 Å². The number of aliphatic hydroxyl groups is 1. The first-order valence-electron chi connectivity index (χ1n) is 11.3. The number of hydrogen-bond acceptors (Lipinski definition) is 3. The minimum atomic E-state index is 0.0349. The summed E-state index contributed by atoms with van der Waals surface area (Å²) in [7, 11) is 0. The molecular weight excluding hydrogens is 358 g/mol. The molecule has 0 saturated heterocycles. The second-order valence-electron chi connectivity index (χ2n) is 9.68. The molecule has 2 aromatic rings. The number of nitrogens with one attached hydrogen (secondary N) is 1. The van der Waals surface area contributed by atoms with Gasteiger partial charge in [0.1, 0.15) is 5.75 Å². The second kappa shape index (κ2) is 8.02. The molecule has 1 fully saturated rings. The Morgan fingerprint density at radius 2 is 1.86 bits per heavy atom. The molecule has 4 rings (SSSR count).